The minimum atomic E-state index is 0.437. The largest absolute Gasteiger partial charge is 0.225 e. The molecule has 0 amide bonds. The highest BCUT2D eigenvalue weighted by Crippen LogP contribution is 2.53. The van der Waals surface area contributed by atoms with E-state index in [9.17, 15) is 0 Å². The molecule has 23 heavy (non-hydrogen) atoms. The molecule has 5 heteroatoms. The van der Waals surface area contributed by atoms with Crippen LogP contribution in [0.2, 0.25) is 0 Å². The monoisotopic (exact) mass is 320 g/mol. The molecule has 0 spiro atoms. The molecule has 1 saturated carbocycles. The Labute approximate surface area is 137 Å². The van der Waals surface area contributed by atoms with Gasteiger partial charge in [-0.25, -0.2) is 14.5 Å². The van der Waals surface area contributed by atoms with Crippen molar-refractivity contribution in [3.8, 4) is 0 Å². The summed E-state index contributed by atoms with van der Waals surface area (Å²) in [5.41, 5.74) is 3.62. The lowest BCUT2D eigenvalue weighted by molar-refractivity contribution is 0.850. The molecule has 0 saturated heterocycles. The van der Waals surface area contributed by atoms with E-state index >= 15 is 0 Å². The fourth-order valence-corrected chi connectivity index (χ4v) is 4.36. The Balaban J connectivity index is 1.60. The van der Waals surface area contributed by atoms with Gasteiger partial charge < -0.3 is 0 Å². The molecule has 114 valence electrons. The van der Waals surface area contributed by atoms with E-state index in [0.717, 1.165) is 28.1 Å². The van der Waals surface area contributed by atoms with Crippen molar-refractivity contribution in [1.82, 2.24) is 19.6 Å². The maximum Gasteiger partial charge on any atom is 0.167 e. The number of nitrogens with zero attached hydrogens (tertiary/aromatic N) is 4. The third-order valence-corrected chi connectivity index (χ3v) is 5.99. The summed E-state index contributed by atoms with van der Waals surface area (Å²) in [6.45, 7) is 4.29. The molecule has 1 aromatic carbocycles. The Morgan fingerprint density at radius 3 is 2.78 bits per heavy atom. The molecule has 2 atom stereocenters. The van der Waals surface area contributed by atoms with E-state index in [-0.39, 0.29) is 0 Å². The van der Waals surface area contributed by atoms with Crippen LogP contribution in [-0.4, -0.2) is 19.6 Å². The summed E-state index contributed by atoms with van der Waals surface area (Å²) in [5, 5.41) is 5.86. The molecule has 3 heterocycles. The summed E-state index contributed by atoms with van der Waals surface area (Å²) < 4.78 is 1.84. The van der Waals surface area contributed by atoms with Gasteiger partial charge in [0.15, 0.2) is 11.5 Å². The summed E-state index contributed by atoms with van der Waals surface area (Å²) in [5.74, 6) is 1.95. The number of aromatic nitrogens is 4. The van der Waals surface area contributed by atoms with Gasteiger partial charge in [-0.15, -0.1) is 16.4 Å². The first-order valence-corrected chi connectivity index (χ1v) is 8.70. The Hall–Kier alpha value is -2.27. The van der Waals surface area contributed by atoms with Crippen LogP contribution >= 0.6 is 11.3 Å². The van der Waals surface area contributed by atoms with Crippen molar-refractivity contribution in [2.24, 2.45) is 0 Å². The molecule has 0 radical (unpaired) electrons. The summed E-state index contributed by atoms with van der Waals surface area (Å²) in [4.78, 5) is 11.8. The van der Waals surface area contributed by atoms with Gasteiger partial charge in [-0.05, 0) is 37.3 Å². The molecule has 5 rings (SSSR count). The van der Waals surface area contributed by atoms with Crippen molar-refractivity contribution in [2.75, 3.05) is 0 Å². The second-order valence-electron chi connectivity index (χ2n) is 6.31. The van der Waals surface area contributed by atoms with Crippen LogP contribution in [0, 0.1) is 13.8 Å². The number of benzene rings is 1. The Morgan fingerprint density at radius 1 is 1.13 bits per heavy atom. The van der Waals surface area contributed by atoms with Gasteiger partial charge in [0.05, 0.1) is 5.39 Å². The molecule has 0 bridgehead atoms. The van der Waals surface area contributed by atoms with E-state index in [4.69, 9.17) is 10.1 Å². The smallest absolute Gasteiger partial charge is 0.167 e. The van der Waals surface area contributed by atoms with E-state index in [1.165, 1.54) is 16.0 Å². The number of rotatable bonds is 2. The van der Waals surface area contributed by atoms with Crippen LogP contribution in [0.1, 0.15) is 40.1 Å². The first kappa shape index (κ1) is 13.2. The lowest BCUT2D eigenvalue weighted by atomic mass is 10.1. The SMILES string of the molecule is Cc1sc2ncn3nc([C@H]4C[C@H]4c4ccccc4)nc3c2c1C. The van der Waals surface area contributed by atoms with Crippen LogP contribution in [0.3, 0.4) is 0 Å². The van der Waals surface area contributed by atoms with Crippen LogP contribution < -0.4 is 0 Å². The predicted octanol–water partition coefficient (Wildman–Crippen LogP) is 4.23. The number of aryl methyl sites for hydroxylation is 2. The summed E-state index contributed by atoms with van der Waals surface area (Å²) in [6.07, 6.45) is 2.93. The third-order valence-electron chi connectivity index (χ3n) is 4.87. The minimum absolute atomic E-state index is 0.437. The lowest BCUT2D eigenvalue weighted by Gasteiger charge is -1.96. The molecule has 1 aliphatic rings. The maximum absolute atomic E-state index is 4.87. The second-order valence-corrected chi connectivity index (χ2v) is 7.51. The van der Waals surface area contributed by atoms with E-state index in [2.05, 4.69) is 49.2 Å². The number of hydrogen-bond acceptors (Lipinski definition) is 4. The highest BCUT2D eigenvalue weighted by atomic mass is 32.1. The quantitative estimate of drug-likeness (QED) is 0.555. The fraction of sp³-hybridized carbons (Fsp3) is 0.278. The maximum atomic E-state index is 4.87. The topological polar surface area (TPSA) is 43.1 Å². The molecule has 1 aliphatic carbocycles. The van der Waals surface area contributed by atoms with E-state index in [1.54, 1.807) is 17.7 Å². The molecule has 0 N–H and O–H groups in total. The summed E-state index contributed by atoms with van der Waals surface area (Å²) >= 11 is 1.73. The highest BCUT2D eigenvalue weighted by molar-refractivity contribution is 7.18. The van der Waals surface area contributed by atoms with Gasteiger partial charge in [0.2, 0.25) is 0 Å². The molecular formula is C18H16N4S. The zero-order valence-corrected chi connectivity index (χ0v) is 13.8. The molecular weight excluding hydrogens is 304 g/mol. The molecule has 0 unspecified atom stereocenters. The standard InChI is InChI=1S/C18H16N4S/c1-10-11(2)23-18-15(10)17-20-16(21-22(17)9-19-18)14-8-13(14)12-6-4-3-5-7-12/h3-7,9,13-14H,8H2,1-2H3/t13-,14-/m0/s1. The van der Waals surface area contributed by atoms with Crippen molar-refractivity contribution in [3.63, 3.8) is 0 Å². The molecule has 4 nitrogen and oxygen atoms in total. The van der Waals surface area contributed by atoms with Crippen molar-refractivity contribution >= 4 is 27.2 Å². The van der Waals surface area contributed by atoms with Crippen LogP contribution in [-0.2, 0) is 0 Å². The Morgan fingerprint density at radius 2 is 1.96 bits per heavy atom. The first-order valence-electron chi connectivity index (χ1n) is 7.88. The van der Waals surface area contributed by atoms with Gasteiger partial charge in [-0.3, -0.25) is 0 Å². The fourth-order valence-electron chi connectivity index (χ4n) is 3.37. The highest BCUT2D eigenvalue weighted by Gasteiger charge is 2.42. The average Bonchev–Trinajstić information content (AvgIpc) is 3.17. The normalized spacial score (nSPS) is 20.4. The van der Waals surface area contributed by atoms with Crippen LogP contribution in [0.15, 0.2) is 36.7 Å². The number of hydrogen-bond donors (Lipinski definition) is 0. The van der Waals surface area contributed by atoms with Crippen molar-refractivity contribution in [2.45, 2.75) is 32.1 Å². The van der Waals surface area contributed by atoms with Crippen LogP contribution in [0.25, 0.3) is 15.9 Å². The summed E-state index contributed by atoms with van der Waals surface area (Å²) in [7, 11) is 0. The van der Waals surface area contributed by atoms with Crippen molar-refractivity contribution < 1.29 is 0 Å². The van der Waals surface area contributed by atoms with E-state index < -0.39 is 0 Å². The molecule has 3 aromatic heterocycles. The Bertz CT molecular complexity index is 1030. The molecule has 0 aliphatic heterocycles. The van der Waals surface area contributed by atoms with E-state index in [1.807, 2.05) is 4.52 Å². The van der Waals surface area contributed by atoms with Crippen molar-refractivity contribution in [3.05, 3.63) is 58.5 Å². The molecule has 1 fully saturated rings. The third kappa shape index (κ3) is 1.93. The van der Waals surface area contributed by atoms with Gasteiger partial charge in [-0.1, -0.05) is 30.3 Å². The van der Waals surface area contributed by atoms with Crippen LogP contribution in [0.5, 0.6) is 0 Å². The van der Waals surface area contributed by atoms with Gasteiger partial charge in [0.25, 0.3) is 0 Å². The second kappa shape index (κ2) is 4.61. The number of fused-ring (bicyclic) bond motifs is 3. The van der Waals surface area contributed by atoms with E-state index in [0.29, 0.717) is 11.8 Å². The van der Waals surface area contributed by atoms with Gasteiger partial charge in [0, 0.05) is 10.8 Å². The van der Waals surface area contributed by atoms with Gasteiger partial charge in [-0.2, -0.15) is 0 Å². The first-order chi connectivity index (χ1) is 11.2. The average molecular weight is 320 g/mol. The lowest BCUT2D eigenvalue weighted by Crippen LogP contribution is -1.91. The predicted molar refractivity (Wildman–Crippen MR) is 92.2 cm³/mol. The Kier molecular flexibility index (Phi) is 2.65. The number of thiophene rings is 1. The van der Waals surface area contributed by atoms with Crippen molar-refractivity contribution in [1.29, 1.82) is 0 Å². The zero-order chi connectivity index (χ0) is 15.6. The molecule has 4 aromatic rings. The zero-order valence-electron chi connectivity index (χ0n) is 13.0. The minimum Gasteiger partial charge on any atom is -0.225 e. The summed E-state index contributed by atoms with van der Waals surface area (Å²) in [6, 6.07) is 10.7. The van der Waals surface area contributed by atoms with Crippen LogP contribution in [0.4, 0.5) is 0 Å². The van der Waals surface area contributed by atoms with Gasteiger partial charge >= 0.3 is 0 Å². The van der Waals surface area contributed by atoms with Gasteiger partial charge in [0.1, 0.15) is 11.2 Å².